The third-order valence-corrected chi connectivity index (χ3v) is 12.9. The number of hydrogen-bond acceptors (Lipinski definition) is 3. The van der Waals surface area contributed by atoms with Crippen LogP contribution in [-0.4, -0.2) is 19.1 Å². The third kappa shape index (κ3) is 4.39. The fourth-order valence-electron chi connectivity index (χ4n) is 10.4. The molecule has 0 atom stereocenters. The van der Waals surface area contributed by atoms with Gasteiger partial charge in [0, 0.05) is 43.6 Å². The van der Waals surface area contributed by atoms with E-state index in [-0.39, 0.29) is 0 Å². The molecular weight excluding hydrogens is 745 g/mol. The molecule has 0 fully saturated rings. The first-order valence-electron chi connectivity index (χ1n) is 20.8. The van der Waals surface area contributed by atoms with E-state index >= 15 is 0 Å². The van der Waals surface area contributed by atoms with E-state index < -0.39 is 0 Å². The summed E-state index contributed by atoms with van der Waals surface area (Å²) in [4.78, 5) is 11.2. The van der Waals surface area contributed by atoms with Crippen LogP contribution in [0.1, 0.15) is 0 Å². The van der Waals surface area contributed by atoms with Gasteiger partial charge in [-0.25, -0.2) is 9.97 Å². The fourth-order valence-corrected chi connectivity index (χ4v) is 10.4. The van der Waals surface area contributed by atoms with Gasteiger partial charge in [-0.3, -0.25) is 4.57 Å². The Morgan fingerprint density at radius 1 is 0.344 bits per heavy atom. The Bertz CT molecular complexity index is 4140. The molecule has 10 aromatic carbocycles. The lowest BCUT2D eigenvalue weighted by atomic mass is 9.91. The molecule has 0 saturated heterocycles. The van der Waals surface area contributed by atoms with Crippen LogP contribution in [0.15, 0.2) is 199 Å². The van der Waals surface area contributed by atoms with Crippen molar-refractivity contribution < 1.29 is 4.42 Å². The number of benzene rings is 10. The Hall–Kier alpha value is -8.28. The molecule has 0 aliphatic carbocycles. The molecule has 0 amide bonds. The Kier molecular flexibility index (Phi) is 6.49. The molecule has 0 spiro atoms. The van der Waals surface area contributed by atoms with E-state index in [9.17, 15) is 0 Å². The van der Waals surface area contributed by atoms with Gasteiger partial charge in [0.05, 0.1) is 22.1 Å². The lowest BCUT2D eigenvalue weighted by Crippen LogP contribution is -2.03. The maximum atomic E-state index is 6.80. The average molecular weight is 777 g/mol. The van der Waals surface area contributed by atoms with Crippen LogP contribution in [0.5, 0.6) is 0 Å². The van der Waals surface area contributed by atoms with Gasteiger partial charge in [0.1, 0.15) is 16.8 Å². The van der Waals surface area contributed by atoms with Crippen molar-refractivity contribution in [3.8, 4) is 22.9 Å². The number of para-hydroxylation sites is 3. The largest absolute Gasteiger partial charge is 0.452 e. The third-order valence-electron chi connectivity index (χ3n) is 12.9. The second-order valence-corrected chi connectivity index (χ2v) is 16.0. The summed E-state index contributed by atoms with van der Waals surface area (Å²) >= 11 is 0. The highest BCUT2D eigenvalue weighted by Crippen LogP contribution is 2.47. The van der Waals surface area contributed by atoms with Crippen LogP contribution in [0, 0.1) is 0 Å². The van der Waals surface area contributed by atoms with Crippen LogP contribution in [-0.2, 0) is 0 Å². The zero-order valence-corrected chi connectivity index (χ0v) is 32.7. The van der Waals surface area contributed by atoms with Crippen LogP contribution in [0.2, 0.25) is 0 Å². The van der Waals surface area contributed by atoms with Crippen LogP contribution in [0.3, 0.4) is 0 Å². The zero-order chi connectivity index (χ0) is 39.8. The van der Waals surface area contributed by atoms with Gasteiger partial charge in [-0.05, 0) is 86.2 Å². The summed E-state index contributed by atoms with van der Waals surface area (Å²) in [5.74, 6) is 0.595. The van der Waals surface area contributed by atoms with Gasteiger partial charge in [0.15, 0.2) is 5.58 Å². The van der Waals surface area contributed by atoms with Crippen LogP contribution < -0.4 is 0 Å². The van der Waals surface area contributed by atoms with Crippen molar-refractivity contribution >= 4 is 109 Å². The number of aromatic nitrogens is 4. The van der Waals surface area contributed by atoms with Crippen molar-refractivity contribution in [1.82, 2.24) is 19.1 Å². The van der Waals surface area contributed by atoms with Crippen LogP contribution in [0.4, 0.5) is 0 Å². The molecule has 14 aromatic rings. The molecule has 5 heteroatoms. The summed E-state index contributed by atoms with van der Waals surface area (Å²) in [6.07, 6.45) is 0. The molecule has 0 bridgehead atoms. The molecule has 282 valence electrons. The fraction of sp³-hybridized carbons (Fsp3) is 0. The lowest BCUT2D eigenvalue weighted by molar-refractivity contribution is 0.666. The first-order chi connectivity index (χ1) is 30.3. The minimum absolute atomic E-state index is 0.595. The number of hydrogen-bond donors (Lipinski definition) is 0. The molecule has 0 aliphatic rings. The average Bonchev–Trinajstić information content (AvgIpc) is 3.99. The second kappa shape index (κ2) is 12.1. The van der Waals surface area contributed by atoms with Gasteiger partial charge >= 0.3 is 0 Å². The quantitative estimate of drug-likeness (QED) is 0.168. The highest BCUT2D eigenvalue weighted by Gasteiger charge is 2.26. The topological polar surface area (TPSA) is 48.8 Å². The molecule has 0 saturated carbocycles. The zero-order valence-electron chi connectivity index (χ0n) is 32.7. The summed E-state index contributed by atoms with van der Waals surface area (Å²) in [5.41, 5.74) is 9.42. The van der Waals surface area contributed by atoms with E-state index in [4.69, 9.17) is 14.4 Å². The molecule has 0 N–H and O–H groups in total. The van der Waals surface area contributed by atoms with E-state index in [1.165, 1.54) is 53.9 Å². The van der Waals surface area contributed by atoms with Crippen molar-refractivity contribution in [2.45, 2.75) is 0 Å². The van der Waals surface area contributed by atoms with E-state index in [0.29, 0.717) is 11.5 Å². The monoisotopic (exact) mass is 776 g/mol. The summed E-state index contributed by atoms with van der Waals surface area (Å²) in [7, 11) is 0. The molecule has 0 radical (unpaired) electrons. The molecule has 0 unspecified atom stereocenters. The number of rotatable bonds is 3. The van der Waals surface area contributed by atoms with Crippen molar-refractivity contribution in [1.29, 1.82) is 0 Å². The van der Waals surface area contributed by atoms with Crippen LogP contribution >= 0.6 is 0 Å². The van der Waals surface area contributed by atoms with Gasteiger partial charge in [-0.15, -0.1) is 0 Å². The highest BCUT2D eigenvalue weighted by molar-refractivity contribution is 6.38. The normalized spacial score (nSPS) is 12.3. The molecular formula is C56H32N4O. The van der Waals surface area contributed by atoms with Gasteiger partial charge < -0.3 is 8.98 Å². The number of fused-ring (bicyclic) bond motifs is 18. The minimum Gasteiger partial charge on any atom is -0.452 e. The van der Waals surface area contributed by atoms with E-state index in [1.807, 2.05) is 12.1 Å². The standard InChI is InChI=1S/C56H32N4O/c1-2-16-34(17-3-1)59-44-26-12-10-23-41(44)49-43(25-14-27-45(49)59)54-55-53(42-24-11-13-28-48(42)61-55)57-56(58-54)60-46-31-29-33-15-4-5-18-35(33)51(46)52-47(60)32-30-40-38-21-7-6-19-36(38)37-20-8-9-22-39(37)50(40)52/h1-32H. The van der Waals surface area contributed by atoms with Gasteiger partial charge in [-0.2, -0.15) is 0 Å². The SMILES string of the molecule is c1ccc(-n2c3ccccc3c3c(-c4nc(-n5c6ccc7ccccc7c6c6c7c8ccccc8c8ccccc8c7ccc65)nc5c4oc4ccccc45)cccc32)cc1. The molecule has 5 nitrogen and oxygen atoms in total. The first-order valence-corrected chi connectivity index (χ1v) is 20.8. The van der Waals surface area contributed by atoms with Gasteiger partial charge in [-0.1, -0.05) is 146 Å². The molecule has 0 aliphatic heterocycles. The molecule has 61 heavy (non-hydrogen) atoms. The Balaban J connectivity index is 1.17. The summed E-state index contributed by atoms with van der Waals surface area (Å²) < 4.78 is 11.4. The number of furan rings is 1. The lowest BCUT2D eigenvalue weighted by Gasteiger charge is -2.13. The predicted molar refractivity (Wildman–Crippen MR) is 253 cm³/mol. The van der Waals surface area contributed by atoms with E-state index in [2.05, 4.69) is 191 Å². The summed E-state index contributed by atoms with van der Waals surface area (Å²) in [6, 6.07) is 69.4. The van der Waals surface area contributed by atoms with Crippen molar-refractivity contribution in [3.05, 3.63) is 194 Å². The minimum atomic E-state index is 0.595. The van der Waals surface area contributed by atoms with Crippen molar-refractivity contribution in [2.24, 2.45) is 0 Å². The Morgan fingerprint density at radius 3 is 1.75 bits per heavy atom. The van der Waals surface area contributed by atoms with Gasteiger partial charge in [0.25, 0.3) is 0 Å². The van der Waals surface area contributed by atoms with Crippen molar-refractivity contribution in [3.63, 3.8) is 0 Å². The van der Waals surface area contributed by atoms with E-state index in [0.717, 1.165) is 66.3 Å². The van der Waals surface area contributed by atoms with Gasteiger partial charge in [0.2, 0.25) is 5.95 Å². The maximum Gasteiger partial charge on any atom is 0.236 e. The Labute approximate surface area is 347 Å². The highest BCUT2D eigenvalue weighted by atomic mass is 16.3. The molecule has 4 aromatic heterocycles. The van der Waals surface area contributed by atoms with E-state index in [1.54, 1.807) is 0 Å². The number of nitrogens with zero attached hydrogens (tertiary/aromatic N) is 4. The maximum absolute atomic E-state index is 6.80. The summed E-state index contributed by atoms with van der Waals surface area (Å²) in [6.45, 7) is 0. The second-order valence-electron chi connectivity index (χ2n) is 16.0. The molecule has 4 heterocycles. The first kappa shape index (κ1) is 32.7. The Morgan fingerprint density at radius 2 is 0.934 bits per heavy atom. The molecule has 14 rings (SSSR count). The van der Waals surface area contributed by atoms with Crippen LogP contribution in [0.25, 0.3) is 132 Å². The smallest absolute Gasteiger partial charge is 0.236 e. The summed E-state index contributed by atoms with van der Waals surface area (Å²) in [5, 5.41) is 15.4. The van der Waals surface area contributed by atoms with Crippen molar-refractivity contribution in [2.75, 3.05) is 0 Å². The predicted octanol–water partition coefficient (Wildman–Crippen LogP) is 14.8.